The third-order valence-electron chi connectivity index (χ3n) is 2.52. The predicted octanol–water partition coefficient (Wildman–Crippen LogP) is 1.23. The van der Waals surface area contributed by atoms with E-state index < -0.39 is 0 Å². The molecule has 1 aromatic rings. The predicted molar refractivity (Wildman–Crippen MR) is 60.5 cm³/mol. The highest BCUT2D eigenvalue weighted by atomic mass is 16.3. The summed E-state index contributed by atoms with van der Waals surface area (Å²) in [5.41, 5.74) is 1.04. The standard InChI is InChI=1S/C11H21N3O/c1-4-5-9(2)13-11(8-15)10-6-12-14(3)7-10/h6-7,9,11,13,15H,4-5,8H2,1-3H3. The van der Waals surface area contributed by atoms with Crippen LogP contribution >= 0.6 is 0 Å². The largest absolute Gasteiger partial charge is 0.394 e. The minimum atomic E-state index is 0.000231. The summed E-state index contributed by atoms with van der Waals surface area (Å²) < 4.78 is 1.75. The van der Waals surface area contributed by atoms with E-state index in [0.717, 1.165) is 18.4 Å². The monoisotopic (exact) mass is 211 g/mol. The van der Waals surface area contributed by atoms with Crippen LogP contribution in [0, 0.1) is 0 Å². The second kappa shape index (κ2) is 5.88. The van der Waals surface area contributed by atoms with Gasteiger partial charge in [-0.15, -0.1) is 0 Å². The van der Waals surface area contributed by atoms with Gasteiger partial charge in [-0.3, -0.25) is 4.68 Å². The van der Waals surface area contributed by atoms with Gasteiger partial charge in [0.1, 0.15) is 0 Å². The minimum absolute atomic E-state index is 0.000231. The summed E-state index contributed by atoms with van der Waals surface area (Å²) in [7, 11) is 1.88. The molecule has 0 saturated heterocycles. The Kier molecular flexibility index (Phi) is 4.78. The summed E-state index contributed by atoms with van der Waals surface area (Å²) >= 11 is 0. The van der Waals surface area contributed by atoms with Gasteiger partial charge in [-0.2, -0.15) is 5.10 Å². The highest BCUT2D eigenvalue weighted by Crippen LogP contribution is 2.12. The molecule has 1 aromatic heterocycles. The third kappa shape index (κ3) is 3.64. The Morgan fingerprint density at radius 3 is 2.80 bits per heavy atom. The van der Waals surface area contributed by atoms with Gasteiger partial charge < -0.3 is 10.4 Å². The van der Waals surface area contributed by atoms with Gasteiger partial charge in [-0.1, -0.05) is 13.3 Å². The third-order valence-corrected chi connectivity index (χ3v) is 2.52. The molecule has 15 heavy (non-hydrogen) atoms. The van der Waals surface area contributed by atoms with Gasteiger partial charge in [0.05, 0.1) is 18.8 Å². The molecule has 0 radical (unpaired) electrons. The van der Waals surface area contributed by atoms with E-state index in [2.05, 4.69) is 24.3 Å². The Hall–Kier alpha value is -0.870. The lowest BCUT2D eigenvalue weighted by atomic mass is 10.1. The average Bonchev–Trinajstić information content (AvgIpc) is 2.61. The van der Waals surface area contributed by atoms with Crippen LogP contribution in [0.2, 0.25) is 0 Å². The number of rotatable bonds is 6. The van der Waals surface area contributed by atoms with Crippen LogP contribution in [0.25, 0.3) is 0 Å². The van der Waals surface area contributed by atoms with E-state index >= 15 is 0 Å². The summed E-state index contributed by atoms with van der Waals surface area (Å²) in [6.07, 6.45) is 6.01. The number of nitrogens with zero attached hydrogens (tertiary/aromatic N) is 2. The van der Waals surface area contributed by atoms with Crippen molar-refractivity contribution in [1.29, 1.82) is 0 Å². The molecule has 0 aliphatic heterocycles. The summed E-state index contributed by atoms with van der Waals surface area (Å²) in [4.78, 5) is 0. The van der Waals surface area contributed by atoms with Crippen LogP contribution in [0.4, 0.5) is 0 Å². The van der Waals surface area contributed by atoms with Gasteiger partial charge in [0.25, 0.3) is 0 Å². The Bertz CT molecular complexity index is 285. The van der Waals surface area contributed by atoms with Crippen molar-refractivity contribution in [3.63, 3.8) is 0 Å². The van der Waals surface area contributed by atoms with Crippen LogP contribution in [-0.2, 0) is 7.05 Å². The first-order valence-electron chi connectivity index (χ1n) is 5.52. The van der Waals surface area contributed by atoms with E-state index in [-0.39, 0.29) is 12.6 Å². The first kappa shape index (κ1) is 12.2. The maximum Gasteiger partial charge on any atom is 0.0627 e. The first-order valence-corrected chi connectivity index (χ1v) is 5.52. The topological polar surface area (TPSA) is 50.1 Å². The molecule has 4 heteroatoms. The van der Waals surface area contributed by atoms with Crippen LogP contribution < -0.4 is 5.32 Å². The number of hydrogen-bond donors (Lipinski definition) is 2. The molecular weight excluding hydrogens is 190 g/mol. The van der Waals surface area contributed by atoms with Crippen molar-refractivity contribution < 1.29 is 5.11 Å². The van der Waals surface area contributed by atoms with Crippen LogP contribution in [-0.4, -0.2) is 27.5 Å². The summed E-state index contributed by atoms with van der Waals surface area (Å²) in [6, 6.07) is 0.424. The zero-order valence-corrected chi connectivity index (χ0v) is 9.77. The zero-order chi connectivity index (χ0) is 11.3. The molecule has 0 amide bonds. The average molecular weight is 211 g/mol. The van der Waals surface area contributed by atoms with E-state index in [1.54, 1.807) is 10.9 Å². The fourth-order valence-corrected chi connectivity index (χ4v) is 1.73. The molecule has 0 aliphatic rings. The molecule has 0 aliphatic carbocycles. The van der Waals surface area contributed by atoms with Crippen molar-refractivity contribution in [3.05, 3.63) is 18.0 Å². The molecule has 1 rings (SSSR count). The summed E-state index contributed by atoms with van der Waals surface area (Å²) in [6.45, 7) is 4.42. The normalized spacial score (nSPS) is 15.2. The molecule has 1 heterocycles. The van der Waals surface area contributed by atoms with Crippen LogP contribution in [0.5, 0.6) is 0 Å². The van der Waals surface area contributed by atoms with E-state index in [4.69, 9.17) is 0 Å². The molecular formula is C11H21N3O. The quantitative estimate of drug-likeness (QED) is 0.744. The summed E-state index contributed by atoms with van der Waals surface area (Å²) in [5.74, 6) is 0. The van der Waals surface area contributed by atoms with Crippen LogP contribution in [0.1, 0.15) is 38.3 Å². The van der Waals surface area contributed by atoms with Gasteiger partial charge in [0.2, 0.25) is 0 Å². The maximum absolute atomic E-state index is 9.31. The molecule has 2 unspecified atom stereocenters. The van der Waals surface area contributed by atoms with Crippen LogP contribution in [0.3, 0.4) is 0 Å². The Morgan fingerprint density at radius 1 is 1.60 bits per heavy atom. The highest BCUT2D eigenvalue weighted by Gasteiger charge is 2.14. The van der Waals surface area contributed by atoms with Crippen molar-refractivity contribution in [2.24, 2.45) is 7.05 Å². The number of hydrogen-bond acceptors (Lipinski definition) is 3. The molecule has 0 bridgehead atoms. The lowest BCUT2D eigenvalue weighted by molar-refractivity contribution is 0.233. The lowest BCUT2D eigenvalue weighted by Gasteiger charge is -2.20. The van der Waals surface area contributed by atoms with Gasteiger partial charge in [-0.05, 0) is 13.3 Å². The van der Waals surface area contributed by atoms with Crippen LogP contribution in [0.15, 0.2) is 12.4 Å². The van der Waals surface area contributed by atoms with Crippen molar-refractivity contribution in [3.8, 4) is 0 Å². The lowest BCUT2D eigenvalue weighted by Crippen LogP contribution is -2.32. The zero-order valence-electron chi connectivity index (χ0n) is 9.77. The van der Waals surface area contributed by atoms with Gasteiger partial charge in [-0.25, -0.2) is 0 Å². The molecule has 4 nitrogen and oxygen atoms in total. The van der Waals surface area contributed by atoms with Gasteiger partial charge in [0, 0.05) is 24.8 Å². The second-order valence-electron chi connectivity index (χ2n) is 4.04. The molecule has 86 valence electrons. The molecule has 2 atom stereocenters. The molecule has 0 fully saturated rings. The number of aryl methyl sites for hydroxylation is 1. The Labute approximate surface area is 91.3 Å². The first-order chi connectivity index (χ1) is 7.17. The van der Waals surface area contributed by atoms with Gasteiger partial charge >= 0.3 is 0 Å². The number of aliphatic hydroxyl groups is 1. The number of aromatic nitrogens is 2. The smallest absolute Gasteiger partial charge is 0.0627 e. The molecule has 2 N–H and O–H groups in total. The highest BCUT2D eigenvalue weighted by molar-refractivity contribution is 5.10. The van der Waals surface area contributed by atoms with E-state index in [1.165, 1.54) is 0 Å². The van der Waals surface area contributed by atoms with Crippen molar-refractivity contribution in [1.82, 2.24) is 15.1 Å². The molecule has 0 saturated carbocycles. The van der Waals surface area contributed by atoms with E-state index in [9.17, 15) is 5.11 Å². The van der Waals surface area contributed by atoms with Crippen molar-refractivity contribution in [2.45, 2.75) is 38.8 Å². The molecule has 0 aromatic carbocycles. The fourth-order valence-electron chi connectivity index (χ4n) is 1.73. The molecule has 0 spiro atoms. The van der Waals surface area contributed by atoms with E-state index in [1.807, 2.05) is 13.2 Å². The second-order valence-corrected chi connectivity index (χ2v) is 4.04. The Morgan fingerprint density at radius 2 is 2.33 bits per heavy atom. The summed E-state index contributed by atoms with van der Waals surface area (Å²) in [5, 5.41) is 16.8. The van der Waals surface area contributed by atoms with Crippen molar-refractivity contribution in [2.75, 3.05) is 6.61 Å². The fraction of sp³-hybridized carbons (Fsp3) is 0.727. The maximum atomic E-state index is 9.31. The van der Waals surface area contributed by atoms with E-state index in [0.29, 0.717) is 6.04 Å². The SMILES string of the molecule is CCCC(C)NC(CO)c1cnn(C)c1. The minimum Gasteiger partial charge on any atom is -0.394 e. The Balaban J connectivity index is 2.56. The number of aliphatic hydroxyl groups excluding tert-OH is 1. The van der Waals surface area contributed by atoms with Crippen molar-refractivity contribution >= 4 is 0 Å². The number of nitrogens with one attached hydrogen (secondary N) is 1. The van der Waals surface area contributed by atoms with Gasteiger partial charge in [0.15, 0.2) is 0 Å².